The fourth-order valence-electron chi connectivity index (χ4n) is 2.69. The van der Waals surface area contributed by atoms with Crippen LogP contribution in [0.25, 0.3) is 0 Å². The molecule has 22 heavy (non-hydrogen) atoms. The van der Waals surface area contributed by atoms with Gasteiger partial charge in [-0.25, -0.2) is 0 Å². The summed E-state index contributed by atoms with van der Waals surface area (Å²) in [7, 11) is 1.95. The molecule has 1 fully saturated rings. The first kappa shape index (κ1) is 16.8. The van der Waals surface area contributed by atoms with E-state index in [2.05, 4.69) is 5.32 Å². The molecular weight excluding hydrogens is 280 g/mol. The molecule has 1 aromatic carbocycles. The summed E-state index contributed by atoms with van der Waals surface area (Å²) < 4.78 is 11.0. The zero-order valence-corrected chi connectivity index (χ0v) is 13.5. The predicted octanol–water partition coefficient (Wildman–Crippen LogP) is 1.93. The first-order valence-corrected chi connectivity index (χ1v) is 8.02. The van der Waals surface area contributed by atoms with Crippen LogP contribution in [0.2, 0.25) is 0 Å². The van der Waals surface area contributed by atoms with Crippen molar-refractivity contribution in [2.75, 3.05) is 40.0 Å². The Morgan fingerprint density at radius 3 is 2.95 bits per heavy atom. The second kappa shape index (κ2) is 8.76. The monoisotopic (exact) mass is 306 g/mol. The van der Waals surface area contributed by atoms with E-state index in [0.717, 1.165) is 25.9 Å². The van der Waals surface area contributed by atoms with E-state index in [-0.39, 0.29) is 5.91 Å². The fourth-order valence-corrected chi connectivity index (χ4v) is 2.69. The second-order valence-corrected chi connectivity index (χ2v) is 5.42. The highest BCUT2D eigenvalue weighted by molar-refractivity contribution is 5.97. The molecule has 2 rings (SSSR count). The van der Waals surface area contributed by atoms with E-state index in [1.165, 1.54) is 0 Å². The number of benzene rings is 1. The van der Waals surface area contributed by atoms with Crippen LogP contribution < -0.4 is 10.1 Å². The Bertz CT molecular complexity index is 479. The Kier molecular flexibility index (Phi) is 6.68. The van der Waals surface area contributed by atoms with Crippen LogP contribution in [0, 0.1) is 0 Å². The molecule has 1 amide bonds. The number of amides is 1. The lowest BCUT2D eigenvalue weighted by Crippen LogP contribution is -2.47. The normalized spacial score (nSPS) is 18.3. The number of likely N-dealkylation sites (tertiary alicyclic amines) is 1. The number of carbonyl (C=O) groups excluding carboxylic acids is 1. The van der Waals surface area contributed by atoms with Crippen molar-refractivity contribution in [1.29, 1.82) is 0 Å². The maximum Gasteiger partial charge on any atom is 0.257 e. The van der Waals surface area contributed by atoms with Crippen LogP contribution in [0.15, 0.2) is 24.3 Å². The highest BCUT2D eigenvalue weighted by Gasteiger charge is 2.25. The van der Waals surface area contributed by atoms with Crippen molar-refractivity contribution in [2.24, 2.45) is 0 Å². The van der Waals surface area contributed by atoms with Crippen molar-refractivity contribution in [3.63, 3.8) is 0 Å². The molecule has 5 nitrogen and oxygen atoms in total. The van der Waals surface area contributed by atoms with Gasteiger partial charge in [0, 0.05) is 25.7 Å². The standard InChI is InChI=1S/C17H26N2O3/c1-3-21-11-12-22-16-9-5-4-8-15(16)17(20)19-10-6-7-14(13-19)18-2/h4-5,8-9,14,18H,3,6-7,10-13H2,1-2H3. The van der Waals surface area contributed by atoms with E-state index >= 15 is 0 Å². The van der Waals surface area contributed by atoms with Crippen molar-refractivity contribution < 1.29 is 14.3 Å². The van der Waals surface area contributed by atoms with Gasteiger partial charge in [-0.2, -0.15) is 0 Å². The van der Waals surface area contributed by atoms with Gasteiger partial charge in [-0.3, -0.25) is 4.79 Å². The van der Waals surface area contributed by atoms with Crippen molar-refractivity contribution in [1.82, 2.24) is 10.2 Å². The summed E-state index contributed by atoms with van der Waals surface area (Å²) in [4.78, 5) is 14.7. The number of carbonyl (C=O) groups is 1. The Hall–Kier alpha value is -1.59. The average molecular weight is 306 g/mol. The van der Waals surface area contributed by atoms with Crippen LogP contribution in [0.1, 0.15) is 30.1 Å². The molecule has 1 aliphatic heterocycles. The summed E-state index contributed by atoms with van der Waals surface area (Å²) in [5.74, 6) is 0.686. The van der Waals surface area contributed by atoms with Gasteiger partial charge in [0.05, 0.1) is 12.2 Å². The molecule has 0 bridgehead atoms. The molecule has 1 heterocycles. The maximum atomic E-state index is 12.8. The van der Waals surface area contributed by atoms with Gasteiger partial charge in [-0.1, -0.05) is 12.1 Å². The number of ether oxygens (including phenoxy) is 2. The highest BCUT2D eigenvalue weighted by Crippen LogP contribution is 2.22. The SMILES string of the molecule is CCOCCOc1ccccc1C(=O)N1CCCC(NC)C1. The van der Waals surface area contributed by atoms with Crippen LogP contribution >= 0.6 is 0 Å². The number of nitrogens with one attached hydrogen (secondary N) is 1. The van der Waals surface area contributed by atoms with Gasteiger partial charge in [0.2, 0.25) is 0 Å². The van der Waals surface area contributed by atoms with Gasteiger partial charge in [-0.15, -0.1) is 0 Å². The minimum atomic E-state index is 0.0481. The van der Waals surface area contributed by atoms with Gasteiger partial charge in [-0.05, 0) is 38.9 Å². The molecule has 1 aliphatic rings. The second-order valence-electron chi connectivity index (χ2n) is 5.42. The number of rotatable bonds is 7. The van der Waals surface area contributed by atoms with Gasteiger partial charge >= 0.3 is 0 Å². The Labute approximate surface area is 132 Å². The van der Waals surface area contributed by atoms with Crippen LogP contribution in [-0.2, 0) is 4.74 Å². The number of nitrogens with zero attached hydrogens (tertiary/aromatic N) is 1. The van der Waals surface area contributed by atoms with Crippen LogP contribution in [-0.4, -0.2) is 56.8 Å². The topological polar surface area (TPSA) is 50.8 Å². The Morgan fingerprint density at radius 1 is 1.36 bits per heavy atom. The van der Waals surface area contributed by atoms with E-state index < -0.39 is 0 Å². The zero-order chi connectivity index (χ0) is 15.8. The van der Waals surface area contributed by atoms with E-state index in [1.54, 1.807) is 0 Å². The highest BCUT2D eigenvalue weighted by atomic mass is 16.5. The van der Waals surface area contributed by atoms with Crippen molar-refractivity contribution in [2.45, 2.75) is 25.8 Å². The summed E-state index contributed by atoms with van der Waals surface area (Å²) in [5.41, 5.74) is 0.635. The van der Waals surface area contributed by atoms with E-state index in [1.807, 2.05) is 43.1 Å². The van der Waals surface area contributed by atoms with Crippen molar-refractivity contribution >= 4 is 5.91 Å². The maximum absolute atomic E-state index is 12.8. The molecule has 122 valence electrons. The lowest BCUT2D eigenvalue weighted by Gasteiger charge is -2.33. The van der Waals surface area contributed by atoms with Crippen molar-refractivity contribution in [3.05, 3.63) is 29.8 Å². The predicted molar refractivity (Wildman–Crippen MR) is 86.4 cm³/mol. The largest absolute Gasteiger partial charge is 0.490 e. The van der Waals surface area contributed by atoms with Crippen LogP contribution in [0.3, 0.4) is 0 Å². The van der Waals surface area contributed by atoms with Crippen LogP contribution in [0.5, 0.6) is 5.75 Å². The number of hydrogen-bond acceptors (Lipinski definition) is 4. The number of hydrogen-bond donors (Lipinski definition) is 1. The molecule has 0 saturated carbocycles. The molecule has 0 spiro atoms. The molecular formula is C17H26N2O3. The number of piperidine rings is 1. The minimum Gasteiger partial charge on any atom is -0.490 e. The van der Waals surface area contributed by atoms with E-state index in [0.29, 0.717) is 37.2 Å². The fraction of sp³-hybridized carbons (Fsp3) is 0.588. The number of likely N-dealkylation sites (N-methyl/N-ethyl adjacent to an activating group) is 1. The smallest absolute Gasteiger partial charge is 0.257 e. The Morgan fingerprint density at radius 2 is 2.18 bits per heavy atom. The van der Waals surface area contributed by atoms with Gasteiger partial charge in [0.15, 0.2) is 0 Å². The lowest BCUT2D eigenvalue weighted by molar-refractivity contribution is 0.0689. The Balaban J connectivity index is 2.02. The minimum absolute atomic E-state index is 0.0481. The zero-order valence-electron chi connectivity index (χ0n) is 13.5. The summed E-state index contributed by atoms with van der Waals surface area (Å²) >= 11 is 0. The first-order chi connectivity index (χ1) is 10.8. The molecule has 0 aromatic heterocycles. The molecule has 1 atom stereocenters. The summed E-state index contributed by atoms with van der Waals surface area (Å²) in [6, 6.07) is 7.82. The molecule has 5 heteroatoms. The van der Waals surface area contributed by atoms with Gasteiger partial charge in [0.1, 0.15) is 12.4 Å². The molecule has 1 saturated heterocycles. The molecule has 1 aromatic rings. The van der Waals surface area contributed by atoms with Gasteiger partial charge < -0.3 is 19.7 Å². The summed E-state index contributed by atoms with van der Waals surface area (Å²) in [5, 5.41) is 3.26. The molecule has 1 N–H and O–H groups in total. The lowest BCUT2D eigenvalue weighted by atomic mass is 10.0. The average Bonchev–Trinajstić information content (AvgIpc) is 2.58. The molecule has 1 unspecified atom stereocenters. The third-order valence-electron chi connectivity index (χ3n) is 3.92. The summed E-state index contributed by atoms with van der Waals surface area (Å²) in [6.45, 7) is 5.17. The molecule has 0 radical (unpaired) electrons. The number of para-hydroxylation sites is 1. The van der Waals surface area contributed by atoms with Crippen LogP contribution in [0.4, 0.5) is 0 Å². The third-order valence-corrected chi connectivity index (χ3v) is 3.92. The van der Waals surface area contributed by atoms with E-state index in [4.69, 9.17) is 9.47 Å². The third kappa shape index (κ3) is 4.45. The first-order valence-electron chi connectivity index (χ1n) is 8.02. The molecule has 0 aliphatic carbocycles. The van der Waals surface area contributed by atoms with E-state index in [9.17, 15) is 4.79 Å². The van der Waals surface area contributed by atoms with Crippen molar-refractivity contribution in [3.8, 4) is 5.75 Å². The van der Waals surface area contributed by atoms with Gasteiger partial charge in [0.25, 0.3) is 5.91 Å². The summed E-state index contributed by atoms with van der Waals surface area (Å²) in [6.07, 6.45) is 2.15. The quantitative estimate of drug-likeness (QED) is 0.782.